The fraction of sp³-hybridized carbons (Fsp3) is 0.471. The molecule has 0 bridgehead atoms. The van der Waals surface area contributed by atoms with Gasteiger partial charge in [-0.15, -0.1) is 5.10 Å². The lowest BCUT2D eigenvalue weighted by atomic mass is 10.1. The minimum Gasteiger partial charge on any atom is -0.377 e. The number of hydrogen-bond donors (Lipinski definition) is 2. The zero-order valence-electron chi connectivity index (χ0n) is 28.7. The molecule has 0 unspecified atom stereocenters. The van der Waals surface area contributed by atoms with E-state index in [0.29, 0.717) is 37.5 Å². The molecule has 276 valence electrons. The van der Waals surface area contributed by atoms with E-state index in [0.717, 1.165) is 22.9 Å². The number of alkyl halides is 3. The summed E-state index contributed by atoms with van der Waals surface area (Å²) in [4.78, 5) is 62.4. The maximum Gasteiger partial charge on any atom is 0.419 e. The van der Waals surface area contributed by atoms with E-state index < -0.39 is 47.5 Å². The molecule has 2 amide bonds. The number of benzene rings is 1. The third-order valence-electron chi connectivity index (χ3n) is 9.75. The number of fused-ring (bicyclic) bond motifs is 1. The van der Waals surface area contributed by atoms with Crippen LogP contribution in [0.4, 0.5) is 28.9 Å². The van der Waals surface area contributed by atoms with Crippen LogP contribution in [-0.4, -0.2) is 84.5 Å². The van der Waals surface area contributed by atoms with Gasteiger partial charge in [0.15, 0.2) is 5.82 Å². The molecule has 1 aliphatic carbocycles. The first-order valence-corrected chi connectivity index (χ1v) is 17.1. The van der Waals surface area contributed by atoms with E-state index in [2.05, 4.69) is 20.5 Å². The number of piperazine rings is 1. The number of carbonyl (C=O) groups is 2. The van der Waals surface area contributed by atoms with Gasteiger partial charge in [0.05, 0.1) is 30.5 Å². The Morgan fingerprint density at radius 2 is 1.90 bits per heavy atom. The highest BCUT2D eigenvalue weighted by Crippen LogP contribution is 2.35. The number of amides is 2. The second kappa shape index (κ2) is 13.4. The Morgan fingerprint density at radius 3 is 2.56 bits per heavy atom. The standard InChI is InChI=1S/C34H37F4N9O5/c1-4-26-28(43-9-10-44(19(3)16-43)30(49)22-15-39-46(31(22)50)21-5-6-21)32(51)47-33(41-29(42-47)20-7-11-52-12-8-20)45(26)17-27(48)40-25-14-24(35)23(13-18(25)2)34(36,37)38/h7,13-15,19,21,39H,4-6,8-12,16-17H2,1-3H3,(H,40,48)/t19-/m1/s1. The Hall–Kier alpha value is -5.26. The van der Waals surface area contributed by atoms with Gasteiger partial charge in [-0.3, -0.25) is 19.2 Å². The SMILES string of the molecule is CCc1c(N2CCN(C(=O)c3c[nH]n(C4CC4)c3=O)[C@H](C)C2)c(=O)n2nc(C3=CCOCC3)nc2n1CC(=O)Nc1cc(F)c(C(F)(F)F)cc1C. The lowest BCUT2D eigenvalue weighted by Crippen LogP contribution is -2.56. The maximum absolute atomic E-state index is 14.5. The van der Waals surface area contributed by atoms with Crippen molar-refractivity contribution >= 4 is 34.5 Å². The molecule has 7 rings (SSSR count). The predicted octanol–water partition coefficient (Wildman–Crippen LogP) is 3.54. The number of rotatable bonds is 8. The van der Waals surface area contributed by atoms with E-state index in [1.807, 2.05) is 17.9 Å². The third-order valence-corrected chi connectivity index (χ3v) is 9.75. The molecule has 14 nitrogen and oxygen atoms in total. The van der Waals surface area contributed by atoms with Gasteiger partial charge in [0.2, 0.25) is 11.7 Å². The molecule has 0 radical (unpaired) electrons. The first kappa shape index (κ1) is 35.2. The van der Waals surface area contributed by atoms with Crippen LogP contribution < -0.4 is 21.3 Å². The average Bonchev–Trinajstić information content (AvgIpc) is 3.72. The number of hydrogen-bond acceptors (Lipinski definition) is 8. The number of aryl methyl sites for hydroxylation is 1. The monoisotopic (exact) mass is 727 g/mol. The lowest BCUT2D eigenvalue weighted by molar-refractivity contribution is -0.140. The zero-order chi connectivity index (χ0) is 37.1. The molecular formula is C34H37F4N9O5. The summed E-state index contributed by atoms with van der Waals surface area (Å²) in [5.41, 5.74) is -0.932. The highest BCUT2D eigenvalue weighted by atomic mass is 19.4. The second-order valence-electron chi connectivity index (χ2n) is 13.3. The zero-order valence-corrected chi connectivity index (χ0v) is 28.7. The lowest BCUT2D eigenvalue weighted by Gasteiger charge is -2.41. The van der Waals surface area contributed by atoms with E-state index in [4.69, 9.17) is 4.74 Å². The highest BCUT2D eigenvalue weighted by molar-refractivity contribution is 5.94. The van der Waals surface area contributed by atoms with E-state index in [9.17, 15) is 36.7 Å². The highest BCUT2D eigenvalue weighted by Gasteiger charge is 2.36. The molecule has 2 fully saturated rings. The van der Waals surface area contributed by atoms with Crippen LogP contribution in [0, 0.1) is 12.7 Å². The van der Waals surface area contributed by atoms with Crippen molar-refractivity contribution in [1.82, 2.24) is 33.8 Å². The second-order valence-corrected chi connectivity index (χ2v) is 13.3. The number of nitrogens with one attached hydrogen (secondary N) is 2. The van der Waals surface area contributed by atoms with E-state index in [1.165, 1.54) is 22.4 Å². The minimum atomic E-state index is -4.91. The number of aromatic nitrogens is 6. The van der Waals surface area contributed by atoms with Crippen molar-refractivity contribution in [3.05, 3.63) is 79.1 Å². The van der Waals surface area contributed by atoms with Gasteiger partial charge < -0.3 is 29.5 Å². The number of ether oxygens (including phenoxy) is 1. The van der Waals surface area contributed by atoms with Crippen LogP contribution in [0.1, 0.15) is 72.2 Å². The van der Waals surface area contributed by atoms with Crippen LogP contribution in [0.25, 0.3) is 11.4 Å². The average molecular weight is 728 g/mol. The van der Waals surface area contributed by atoms with Crippen molar-refractivity contribution in [3.8, 4) is 0 Å². The van der Waals surface area contributed by atoms with Gasteiger partial charge in [0.1, 0.15) is 23.6 Å². The molecule has 52 heavy (non-hydrogen) atoms. The number of carbonyl (C=O) groups excluding carboxylic acids is 2. The van der Waals surface area contributed by atoms with Crippen molar-refractivity contribution in [2.75, 3.05) is 43.1 Å². The van der Waals surface area contributed by atoms with Crippen LogP contribution in [-0.2, 0) is 28.7 Å². The first-order valence-electron chi connectivity index (χ1n) is 17.1. The van der Waals surface area contributed by atoms with Crippen LogP contribution in [0.5, 0.6) is 0 Å². The third kappa shape index (κ3) is 6.39. The quantitative estimate of drug-likeness (QED) is 0.262. The molecule has 1 saturated carbocycles. The van der Waals surface area contributed by atoms with Crippen LogP contribution in [0.3, 0.4) is 0 Å². The molecule has 18 heteroatoms. The molecule has 1 aromatic carbocycles. The summed E-state index contributed by atoms with van der Waals surface area (Å²) in [7, 11) is 0. The molecule has 1 saturated heterocycles. The summed E-state index contributed by atoms with van der Waals surface area (Å²) in [6.07, 6.45) is 0.845. The summed E-state index contributed by atoms with van der Waals surface area (Å²) >= 11 is 0. The van der Waals surface area contributed by atoms with Crippen molar-refractivity contribution in [2.45, 2.75) is 71.3 Å². The predicted molar refractivity (Wildman–Crippen MR) is 181 cm³/mol. The Labute approximate surface area is 293 Å². The number of halogens is 4. The first-order chi connectivity index (χ1) is 24.8. The summed E-state index contributed by atoms with van der Waals surface area (Å²) in [6, 6.07) is 0.926. The van der Waals surface area contributed by atoms with Crippen LogP contribution in [0.15, 0.2) is 34.0 Å². The summed E-state index contributed by atoms with van der Waals surface area (Å²) in [6.45, 7) is 5.94. The number of H-pyrrole nitrogens is 1. The van der Waals surface area contributed by atoms with Gasteiger partial charge in [-0.2, -0.15) is 22.7 Å². The van der Waals surface area contributed by atoms with Crippen molar-refractivity contribution in [3.63, 3.8) is 0 Å². The maximum atomic E-state index is 14.5. The van der Waals surface area contributed by atoms with Gasteiger partial charge in [0.25, 0.3) is 17.0 Å². The van der Waals surface area contributed by atoms with E-state index >= 15 is 0 Å². The summed E-state index contributed by atoms with van der Waals surface area (Å²) < 4.78 is 63.9. The minimum absolute atomic E-state index is 0.00672. The molecule has 0 spiro atoms. The fourth-order valence-corrected chi connectivity index (χ4v) is 6.92. The van der Waals surface area contributed by atoms with Crippen molar-refractivity contribution in [2.24, 2.45) is 0 Å². The fourth-order valence-electron chi connectivity index (χ4n) is 6.92. The van der Waals surface area contributed by atoms with Crippen molar-refractivity contribution in [1.29, 1.82) is 0 Å². The van der Waals surface area contributed by atoms with Crippen LogP contribution >= 0.6 is 0 Å². The Bertz CT molecular complexity index is 2230. The van der Waals surface area contributed by atoms with E-state index in [1.54, 1.807) is 11.8 Å². The van der Waals surface area contributed by atoms with E-state index in [-0.39, 0.29) is 71.8 Å². The largest absolute Gasteiger partial charge is 0.419 e. The molecule has 3 aromatic heterocycles. The molecule has 2 aliphatic heterocycles. The van der Waals surface area contributed by atoms with Gasteiger partial charge in [0, 0.05) is 37.6 Å². The normalized spacial score (nSPS) is 18.2. The molecule has 5 heterocycles. The molecular weight excluding hydrogens is 690 g/mol. The topological polar surface area (TPSA) is 152 Å². The molecule has 4 aromatic rings. The Kier molecular flexibility index (Phi) is 9.04. The molecule has 3 aliphatic rings. The number of nitrogens with zero attached hydrogens (tertiary/aromatic N) is 7. The molecule has 1 atom stereocenters. The summed E-state index contributed by atoms with van der Waals surface area (Å²) in [5, 5.41) is 9.96. The Balaban J connectivity index is 1.23. The van der Waals surface area contributed by atoms with Gasteiger partial charge in [-0.1, -0.05) is 13.0 Å². The Morgan fingerprint density at radius 1 is 1.13 bits per heavy atom. The molecule has 2 N–H and O–H groups in total. The summed E-state index contributed by atoms with van der Waals surface area (Å²) in [5.74, 6) is -2.29. The number of aromatic amines is 1. The number of anilines is 2. The van der Waals surface area contributed by atoms with Crippen molar-refractivity contribution < 1.29 is 31.9 Å². The van der Waals surface area contributed by atoms with Gasteiger partial charge in [-0.25, -0.2) is 9.07 Å². The smallest absolute Gasteiger partial charge is 0.377 e. The van der Waals surface area contributed by atoms with Crippen LogP contribution in [0.2, 0.25) is 0 Å². The van der Waals surface area contributed by atoms with Gasteiger partial charge >= 0.3 is 6.18 Å². The van der Waals surface area contributed by atoms with Gasteiger partial charge in [-0.05, 0) is 62.8 Å².